The van der Waals surface area contributed by atoms with Crippen LogP contribution in [-0.2, 0) is 27.2 Å². The highest BCUT2D eigenvalue weighted by molar-refractivity contribution is 6.32. The standard InChI is InChI=1S/C42H47Cl2F2N5O7/c1-42(2,3)58-41(55)49-21-28-18-30(25-6-12-35(47-19-25)48-15-13-29(22-48)57-38-33(46)11-10-32(45)37(38)44)36(34(23-49)51(28)40(53)54)39(52)50(27-7-8-27)20-26-17-24(14-16-56-4)5-9-31(26)43/h5-6,9-12,17,19,27-29,34H,7-8,13-16,18,20-23H2,1-4H3,(H,53,54)/t28-,29?,34-/m0/s1. The summed E-state index contributed by atoms with van der Waals surface area (Å²) in [5.41, 5.74) is 2.57. The number of anilines is 1. The number of nitrogens with zero attached hydrogens (tertiary/aromatic N) is 5. The van der Waals surface area contributed by atoms with Crippen molar-refractivity contribution in [1.82, 2.24) is 19.7 Å². The van der Waals surface area contributed by atoms with Crippen molar-refractivity contribution in [2.45, 2.75) is 89.3 Å². The SMILES string of the molecule is COCCc1ccc(Cl)c(CN(C(=O)C2=C(c3ccc(N4CCC(Oc5c(F)ccc(F)c5Cl)C4)nc3)C[C@H]3CN(C(=O)OC(C)(C)C)C[C@@H]2N3C(=O)O)C2CC2)c1. The molecule has 1 N–H and O–H groups in total. The fraction of sp³-hybridized carbons (Fsp3) is 0.476. The van der Waals surface area contributed by atoms with Crippen LogP contribution >= 0.6 is 23.2 Å². The maximum absolute atomic E-state index is 15.2. The largest absolute Gasteiger partial charge is 0.484 e. The van der Waals surface area contributed by atoms with E-state index >= 15 is 4.79 Å². The number of carbonyl (C=O) groups is 3. The molecule has 1 aliphatic carbocycles. The minimum atomic E-state index is -1.19. The molecule has 2 bridgehead atoms. The number of rotatable bonds is 11. The van der Waals surface area contributed by atoms with Crippen molar-refractivity contribution in [3.8, 4) is 5.75 Å². The molecular weight excluding hydrogens is 795 g/mol. The Balaban J connectivity index is 1.22. The van der Waals surface area contributed by atoms with Gasteiger partial charge in [0.2, 0.25) is 0 Å². The smallest absolute Gasteiger partial charge is 0.410 e. The minimum absolute atomic E-state index is 0.0787. The molecule has 7 rings (SSSR count). The van der Waals surface area contributed by atoms with Crippen molar-refractivity contribution in [2.24, 2.45) is 0 Å². The van der Waals surface area contributed by atoms with Crippen LogP contribution in [0.15, 0.2) is 54.2 Å². The molecule has 4 aliphatic rings. The maximum Gasteiger partial charge on any atom is 0.410 e. The fourth-order valence-corrected chi connectivity index (χ4v) is 8.38. The highest BCUT2D eigenvalue weighted by atomic mass is 35.5. The van der Waals surface area contributed by atoms with Crippen LogP contribution in [-0.4, -0.2) is 113 Å². The van der Waals surface area contributed by atoms with Crippen LogP contribution in [0.3, 0.4) is 0 Å². The van der Waals surface area contributed by atoms with Crippen LogP contribution in [0.25, 0.3) is 5.57 Å². The first-order valence-corrected chi connectivity index (χ1v) is 20.2. The third kappa shape index (κ3) is 8.98. The van der Waals surface area contributed by atoms with E-state index in [1.54, 1.807) is 39.0 Å². The summed E-state index contributed by atoms with van der Waals surface area (Å²) in [4.78, 5) is 52.9. The molecule has 3 amide bonds. The molecule has 3 aromatic rings. The van der Waals surface area contributed by atoms with Crippen molar-refractivity contribution in [3.05, 3.63) is 92.6 Å². The van der Waals surface area contributed by atoms with E-state index in [0.29, 0.717) is 54.5 Å². The Hall–Kier alpha value is -4.66. The minimum Gasteiger partial charge on any atom is -0.484 e. The quantitative estimate of drug-likeness (QED) is 0.193. The molecule has 3 atom stereocenters. The first kappa shape index (κ1) is 41.5. The van der Waals surface area contributed by atoms with E-state index in [0.717, 1.165) is 36.1 Å². The van der Waals surface area contributed by atoms with Gasteiger partial charge in [-0.15, -0.1) is 0 Å². The zero-order valence-corrected chi connectivity index (χ0v) is 34.4. The van der Waals surface area contributed by atoms with E-state index in [-0.39, 0.29) is 49.3 Å². The molecule has 2 aromatic carbocycles. The van der Waals surface area contributed by atoms with Crippen molar-refractivity contribution in [1.29, 1.82) is 0 Å². The van der Waals surface area contributed by atoms with E-state index in [9.17, 15) is 23.5 Å². The van der Waals surface area contributed by atoms with Gasteiger partial charge in [-0.05, 0) is 99.0 Å². The highest BCUT2D eigenvalue weighted by Gasteiger charge is 2.50. The van der Waals surface area contributed by atoms with Gasteiger partial charge >= 0.3 is 12.2 Å². The fourth-order valence-electron chi connectivity index (χ4n) is 8.00. The van der Waals surface area contributed by atoms with Crippen LogP contribution in [0.2, 0.25) is 10.0 Å². The molecule has 0 spiro atoms. The van der Waals surface area contributed by atoms with Gasteiger partial charge in [0.05, 0.1) is 25.2 Å². The summed E-state index contributed by atoms with van der Waals surface area (Å²) in [5, 5.41) is 10.7. The Labute approximate surface area is 346 Å². The van der Waals surface area contributed by atoms with Crippen LogP contribution in [0.5, 0.6) is 5.75 Å². The van der Waals surface area contributed by atoms with E-state index < -0.39 is 52.6 Å². The van der Waals surface area contributed by atoms with Gasteiger partial charge in [-0.1, -0.05) is 35.3 Å². The van der Waals surface area contributed by atoms with Crippen LogP contribution < -0.4 is 9.64 Å². The lowest BCUT2D eigenvalue weighted by atomic mass is 9.81. The molecule has 1 aromatic heterocycles. The zero-order chi connectivity index (χ0) is 41.5. The molecule has 12 nitrogen and oxygen atoms in total. The molecule has 16 heteroatoms. The number of piperazine rings is 1. The van der Waals surface area contributed by atoms with E-state index in [1.165, 1.54) is 9.80 Å². The number of ether oxygens (including phenoxy) is 3. The number of hydrogen-bond donors (Lipinski definition) is 1. The van der Waals surface area contributed by atoms with Gasteiger partial charge in [-0.3, -0.25) is 9.69 Å². The van der Waals surface area contributed by atoms with Gasteiger partial charge in [0.25, 0.3) is 5.91 Å². The predicted octanol–water partition coefficient (Wildman–Crippen LogP) is 7.83. The zero-order valence-electron chi connectivity index (χ0n) is 32.9. The van der Waals surface area contributed by atoms with E-state index in [1.807, 2.05) is 35.2 Å². The van der Waals surface area contributed by atoms with Crippen molar-refractivity contribution < 1.29 is 42.5 Å². The number of methoxy groups -OCH3 is 1. The number of benzene rings is 2. The Kier molecular flexibility index (Phi) is 12.1. The lowest BCUT2D eigenvalue weighted by Crippen LogP contribution is -2.65. The number of carbonyl (C=O) groups excluding carboxylic acids is 2. The number of fused-ring (bicyclic) bond motifs is 2. The molecule has 2 saturated heterocycles. The Bertz CT molecular complexity index is 2090. The topological polar surface area (TPSA) is 125 Å². The summed E-state index contributed by atoms with van der Waals surface area (Å²) in [6, 6.07) is 9.59. The van der Waals surface area contributed by atoms with E-state index in [4.69, 9.17) is 42.4 Å². The summed E-state index contributed by atoms with van der Waals surface area (Å²) in [7, 11) is 1.64. The average molecular weight is 843 g/mol. The maximum atomic E-state index is 15.2. The number of halogens is 4. The second kappa shape index (κ2) is 16.9. The number of pyridine rings is 1. The number of amides is 3. The summed E-state index contributed by atoms with van der Waals surface area (Å²) in [6.07, 6.45) is 2.32. The Morgan fingerprint density at radius 2 is 1.76 bits per heavy atom. The van der Waals surface area contributed by atoms with Crippen molar-refractivity contribution >= 4 is 52.7 Å². The third-order valence-electron chi connectivity index (χ3n) is 10.9. The second-order valence-corrected chi connectivity index (χ2v) is 17.0. The first-order valence-electron chi connectivity index (χ1n) is 19.4. The highest BCUT2D eigenvalue weighted by Crippen LogP contribution is 2.42. The van der Waals surface area contributed by atoms with E-state index in [2.05, 4.69) is 0 Å². The molecule has 1 saturated carbocycles. The normalized spacial score (nSPS) is 20.7. The van der Waals surface area contributed by atoms with Crippen LogP contribution in [0.1, 0.15) is 63.1 Å². The van der Waals surface area contributed by atoms with Gasteiger partial charge in [0, 0.05) is 62.5 Å². The molecule has 310 valence electrons. The summed E-state index contributed by atoms with van der Waals surface area (Å²) in [6.45, 7) is 6.89. The van der Waals surface area contributed by atoms with Crippen LogP contribution in [0.4, 0.5) is 24.2 Å². The van der Waals surface area contributed by atoms with Gasteiger partial charge < -0.3 is 34.0 Å². The lowest BCUT2D eigenvalue weighted by Gasteiger charge is -2.50. The predicted molar refractivity (Wildman–Crippen MR) is 214 cm³/mol. The number of carboxylic acid groups (broad SMARTS) is 1. The summed E-state index contributed by atoms with van der Waals surface area (Å²) < 4.78 is 45.3. The number of aromatic nitrogens is 1. The summed E-state index contributed by atoms with van der Waals surface area (Å²) >= 11 is 12.7. The Morgan fingerprint density at radius 1 is 1.00 bits per heavy atom. The average Bonchev–Trinajstić information content (AvgIpc) is 3.91. The Morgan fingerprint density at radius 3 is 2.43 bits per heavy atom. The first-order chi connectivity index (χ1) is 27.6. The van der Waals surface area contributed by atoms with Crippen molar-refractivity contribution in [2.75, 3.05) is 44.8 Å². The number of hydrogen-bond acceptors (Lipinski definition) is 8. The summed E-state index contributed by atoms with van der Waals surface area (Å²) in [5.74, 6) is -1.58. The molecule has 3 fully saturated rings. The third-order valence-corrected chi connectivity index (χ3v) is 11.6. The molecule has 3 aliphatic heterocycles. The molecule has 4 heterocycles. The van der Waals surface area contributed by atoms with Gasteiger partial charge in [-0.25, -0.2) is 23.4 Å². The van der Waals surface area contributed by atoms with Gasteiger partial charge in [-0.2, -0.15) is 0 Å². The van der Waals surface area contributed by atoms with Crippen LogP contribution in [0, 0.1) is 11.6 Å². The molecule has 58 heavy (non-hydrogen) atoms. The van der Waals surface area contributed by atoms with Gasteiger partial charge in [0.1, 0.15) is 28.4 Å². The lowest BCUT2D eigenvalue weighted by molar-refractivity contribution is -0.129. The second-order valence-electron chi connectivity index (χ2n) is 16.2. The monoisotopic (exact) mass is 841 g/mol. The molecule has 0 radical (unpaired) electrons. The molecule has 1 unspecified atom stereocenters. The van der Waals surface area contributed by atoms with Crippen molar-refractivity contribution in [3.63, 3.8) is 0 Å². The van der Waals surface area contributed by atoms with Gasteiger partial charge in [0.15, 0.2) is 11.6 Å². The molecular formula is C42H47Cl2F2N5O7.